The highest BCUT2D eigenvalue weighted by Gasteiger charge is 2.34. The third-order valence-corrected chi connectivity index (χ3v) is 5.57. The second-order valence-electron chi connectivity index (χ2n) is 7.74. The standard InChI is InChI=1S/C24H23F3N4O2/c1-17-6-2-3-7-18(17)20-10-11-22(29-28-20)30-12-14-31(15-13-30)23(32)16-33-21-9-5-4-8-19(21)24(25,26)27/h2-11H,12-16H2,1H3. The average molecular weight is 456 g/mol. The van der Waals surface area contributed by atoms with Crippen molar-refractivity contribution in [3.8, 4) is 17.0 Å². The first-order valence-corrected chi connectivity index (χ1v) is 10.5. The molecule has 2 heterocycles. The number of nitrogens with zero attached hydrogens (tertiary/aromatic N) is 4. The summed E-state index contributed by atoms with van der Waals surface area (Å²) >= 11 is 0. The van der Waals surface area contributed by atoms with Gasteiger partial charge in [0.2, 0.25) is 0 Å². The largest absolute Gasteiger partial charge is 0.483 e. The maximum Gasteiger partial charge on any atom is 0.419 e. The fraction of sp³-hybridized carbons (Fsp3) is 0.292. The van der Waals surface area contributed by atoms with E-state index in [9.17, 15) is 18.0 Å². The number of halogens is 3. The maximum absolute atomic E-state index is 13.1. The van der Waals surface area contributed by atoms with Crippen molar-refractivity contribution in [3.05, 3.63) is 71.8 Å². The first-order chi connectivity index (χ1) is 15.8. The number of aromatic nitrogens is 2. The van der Waals surface area contributed by atoms with Crippen LogP contribution in [-0.2, 0) is 11.0 Å². The van der Waals surface area contributed by atoms with Gasteiger partial charge in [0.15, 0.2) is 12.4 Å². The van der Waals surface area contributed by atoms with E-state index in [4.69, 9.17) is 4.74 Å². The van der Waals surface area contributed by atoms with E-state index in [2.05, 4.69) is 10.2 Å². The molecule has 1 fully saturated rings. The van der Waals surface area contributed by atoms with Crippen LogP contribution in [0.25, 0.3) is 11.3 Å². The first-order valence-electron chi connectivity index (χ1n) is 10.5. The zero-order chi connectivity index (χ0) is 23.4. The second kappa shape index (κ2) is 9.48. The van der Waals surface area contributed by atoms with Gasteiger partial charge in [0, 0.05) is 31.7 Å². The van der Waals surface area contributed by atoms with Crippen LogP contribution >= 0.6 is 0 Å². The maximum atomic E-state index is 13.1. The minimum Gasteiger partial charge on any atom is -0.483 e. The van der Waals surface area contributed by atoms with Gasteiger partial charge in [-0.25, -0.2) is 0 Å². The van der Waals surface area contributed by atoms with Gasteiger partial charge in [-0.3, -0.25) is 4.79 Å². The second-order valence-corrected chi connectivity index (χ2v) is 7.74. The van der Waals surface area contributed by atoms with Crippen molar-refractivity contribution in [2.24, 2.45) is 0 Å². The molecule has 172 valence electrons. The van der Waals surface area contributed by atoms with Crippen LogP contribution in [0.15, 0.2) is 60.7 Å². The van der Waals surface area contributed by atoms with E-state index in [1.165, 1.54) is 18.2 Å². The number of piperazine rings is 1. The molecule has 0 saturated carbocycles. The number of aryl methyl sites for hydroxylation is 1. The van der Waals surface area contributed by atoms with E-state index < -0.39 is 18.3 Å². The minimum absolute atomic E-state index is 0.346. The van der Waals surface area contributed by atoms with Gasteiger partial charge < -0.3 is 14.5 Å². The molecule has 0 aliphatic carbocycles. The van der Waals surface area contributed by atoms with Gasteiger partial charge in [-0.1, -0.05) is 36.4 Å². The monoisotopic (exact) mass is 456 g/mol. The predicted octanol–water partition coefficient (Wildman–Crippen LogP) is 4.20. The molecular weight excluding hydrogens is 433 g/mol. The van der Waals surface area contributed by atoms with Crippen LogP contribution in [0, 0.1) is 6.92 Å². The number of alkyl halides is 3. The highest BCUT2D eigenvalue weighted by atomic mass is 19.4. The Morgan fingerprint density at radius 2 is 1.64 bits per heavy atom. The summed E-state index contributed by atoms with van der Waals surface area (Å²) in [5, 5.41) is 8.69. The Morgan fingerprint density at radius 3 is 2.30 bits per heavy atom. The highest BCUT2D eigenvalue weighted by Crippen LogP contribution is 2.35. The van der Waals surface area contributed by atoms with E-state index in [0.29, 0.717) is 26.2 Å². The molecule has 2 aromatic carbocycles. The summed E-state index contributed by atoms with van der Waals surface area (Å²) in [6.07, 6.45) is -4.54. The predicted molar refractivity (Wildman–Crippen MR) is 118 cm³/mol. The molecule has 6 nitrogen and oxygen atoms in total. The lowest BCUT2D eigenvalue weighted by Crippen LogP contribution is -2.50. The van der Waals surface area contributed by atoms with Crippen molar-refractivity contribution in [2.45, 2.75) is 13.1 Å². The van der Waals surface area contributed by atoms with Crippen molar-refractivity contribution in [3.63, 3.8) is 0 Å². The summed E-state index contributed by atoms with van der Waals surface area (Å²) in [7, 11) is 0. The number of carbonyl (C=O) groups excluding carboxylic acids is 1. The zero-order valence-electron chi connectivity index (χ0n) is 18.0. The molecule has 9 heteroatoms. The van der Waals surface area contributed by atoms with Crippen LogP contribution in [0.2, 0.25) is 0 Å². The van der Waals surface area contributed by atoms with Gasteiger partial charge in [-0.15, -0.1) is 10.2 Å². The van der Waals surface area contributed by atoms with Crippen molar-refractivity contribution >= 4 is 11.7 Å². The first kappa shape index (κ1) is 22.6. The molecule has 1 saturated heterocycles. The van der Waals surface area contributed by atoms with E-state index >= 15 is 0 Å². The molecule has 1 amide bonds. The number of anilines is 1. The summed E-state index contributed by atoms with van der Waals surface area (Å²) in [5.74, 6) is 0.0170. The highest BCUT2D eigenvalue weighted by molar-refractivity contribution is 5.78. The Labute approximate surface area is 189 Å². The molecular formula is C24H23F3N4O2. The molecule has 0 N–H and O–H groups in total. The molecule has 1 aromatic heterocycles. The van der Waals surface area contributed by atoms with E-state index in [-0.39, 0.29) is 11.7 Å². The fourth-order valence-corrected chi connectivity index (χ4v) is 3.74. The van der Waals surface area contributed by atoms with E-state index in [1.807, 2.05) is 48.2 Å². The number of rotatable bonds is 5. The number of ether oxygens (including phenoxy) is 1. The van der Waals surface area contributed by atoms with E-state index in [0.717, 1.165) is 28.7 Å². The molecule has 33 heavy (non-hydrogen) atoms. The van der Waals surface area contributed by atoms with Crippen LogP contribution < -0.4 is 9.64 Å². The number of amides is 1. The summed E-state index contributed by atoms with van der Waals surface area (Å²) in [6, 6.07) is 16.7. The van der Waals surface area contributed by atoms with Crippen LogP contribution in [-0.4, -0.2) is 53.8 Å². The lowest BCUT2D eigenvalue weighted by Gasteiger charge is -2.35. The molecule has 0 spiro atoms. The summed E-state index contributed by atoms with van der Waals surface area (Å²) in [5.41, 5.74) is 2.04. The third kappa shape index (κ3) is 5.24. The SMILES string of the molecule is Cc1ccccc1-c1ccc(N2CCN(C(=O)COc3ccccc3C(F)(F)F)CC2)nn1. The Kier molecular flexibility index (Phi) is 6.48. The van der Waals surface area contributed by atoms with Crippen LogP contribution in [0.5, 0.6) is 5.75 Å². The average Bonchev–Trinajstić information content (AvgIpc) is 2.83. The van der Waals surface area contributed by atoms with Gasteiger partial charge >= 0.3 is 6.18 Å². The topological polar surface area (TPSA) is 58.6 Å². The summed E-state index contributed by atoms with van der Waals surface area (Å²) in [6.45, 7) is 3.51. The van der Waals surface area contributed by atoms with Crippen LogP contribution in [0.3, 0.4) is 0 Å². The van der Waals surface area contributed by atoms with Crippen LogP contribution in [0.1, 0.15) is 11.1 Å². The fourth-order valence-electron chi connectivity index (χ4n) is 3.74. The minimum atomic E-state index is -4.54. The molecule has 0 unspecified atom stereocenters. The van der Waals surface area contributed by atoms with Crippen molar-refractivity contribution < 1.29 is 22.7 Å². The molecule has 0 radical (unpaired) electrons. The Morgan fingerprint density at radius 1 is 0.939 bits per heavy atom. The van der Waals surface area contributed by atoms with Crippen molar-refractivity contribution in [2.75, 3.05) is 37.7 Å². The van der Waals surface area contributed by atoms with Crippen LogP contribution in [0.4, 0.5) is 19.0 Å². The number of carbonyl (C=O) groups is 1. The molecule has 0 atom stereocenters. The summed E-state index contributed by atoms with van der Waals surface area (Å²) < 4.78 is 44.5. The molecule has 1 aliphatic heterocycles. The Balaban J connectivity index is 1.32. The van der Waals surface area contributed by atoms with Gasteiger partial charge in [0.05, 0.1) is 11.3 Å². The van der Waals surface area contributed by atoms with E-state index in [1.54, 1.807) is 4.90 Å². The van der Waals surface area contributed by atoms with Gasteiger partial charge in [-0.05, 0) is 36.8 Å². The Hall–Kier alpha value is -3.62. The summed E-state index contributed by atoms with van der Waals surface area (Å²) in [4.78, 5) is 16.1. The van der Waals surface area contributed by atoms with Crippen molar-refractivity contribution in [1.29, 1.82) is 0 Å². The molecule has 4 rings (SSSR count). The molecule has 0 bridgehead atoms. The Bertz CT molecular complexity index is 1110. The normalized spacial score (nSPS) is 14.3. The number of hydrogen-bond acceptors (Lipinski definition) is 5. The zero-order valence-corrected chi connectivity index (χ0v) is 18.0. The quantitative estimate of drug-likeness (QED) is 0.576. The van der Waals surface area contributed by atoms with Gasteiger partial charge in [0.25, 0.3) is 5.91 Å². The lowest BCUT2D eigenvalue weighted by atomic mass is 10.1. The van der Waals surface area contributed by atoms with Crippen molar-refractivity contribution in [1.82, 2.24) is 15.1 Å². The third-order valence-electron chi connectivity index (χ3n) is 5.57. The number of para-hydroxylation sites is 1. The molecule has 1 aliphatic rings. The smallest absolute Gasteiger partial charge is 0.419 e. The molecule has 3 aromatic rings. The lowest BCUT2D eigenvalue weighted by molar-refractivity contribution is -0.141. The van der Waals surface area contributed by atoms with Gasteiger partial charge in [-0.2, -0.15) is 13.2 Å². The number of benzene rings is 2. The number of hydrogen-bond donors (Lipinski definition) is 0. The van der Waals surface area contributed by atoms with Gasteiger partial charge in [0.1, 0.15) is 5.75 Å².